The lowest BCUT2D eigenvalue weighted by molar-refractivity contribution is 0.125. The molecule has 1 fully saturated rings. The lowest BCUT2D eigenvalue weighted by Crippen LogP contribution is -2.46. The molecule has 1 aliphatic heterocycles. The number of hydrogen-bond acceptors (Lipinski definition) is 3. The average Bonchev–Trinajstić information content (AvgIpc) is 2.96. The number of nitrogens with zero attached hydrogens (tertiary/aromatic N) is 2. The first kappa shape index (κ1) is 16.3. The molecular weight excluding hydrogens is 280 g/mol. The van der Waals surface area contributed by atoms with Crippen molar-refractivity contribution in [3.05, 3.63) is 22.4 Å². The maximum absolute atomic E-state index is 4.30. The van der Waals surface area contributed by atoms with E-state index in [1.807, 2.05) is 18.4 Å². The van der Waals surface area contributed by atoms with E-state index < -0.39 is 0 Å². The summed E-state index contributed by atoms with van der Waals surface area (Å²) < 4.78 is 0. The number of aliphatic imine (C=N–C) groups is 1. The highest BCUT2D eigenvalue weighted by molar-refractivity contribution is 7.10. The third kappa shape index (κ3) is 4.45. The molecule has 118 valence electrons. The first-order chi connectivity index (χ1) is 10.1. The Morgan fingerprint density at radius 2 is 2.33 bits per heavy atom. The second-order valence-electron chi connectivity index (χ2n) is 6.10. The number of likely N-dealkylation sites (tertiary alicyclic amines) is 1. The fraction of sp³-hybridized carbons (Fsp3) is 0.688. The summed E-state index contributed by atoms with van der Waals surface area (Å²) in [6.07, 6.45) is 2.56. The van der Waals surface area contributed by atoms with Gasteiger partial charge in [-0.05, 0) is 57.6 Å². The molecule has 21 heavy (non-hydrogen) atoms. The normalized spacial score (nSPS) is 24.3. The molecule has 4 nitrogen and oxygen atoms in total. The SMILES string of the molecule is CN=C(NCC1CCCN(C)C1c1cccs1)NC(C)C. The Hall–Kier alpha value is -1.07. The van der Waals surface area contributed by atoms with Crippen molar-refractivity contribution in [3.8, 4) is 0 Å². The molecule has 2 atom stereocenters. The molecule has 0 aliphatic carbocycles. The molecule has 0 saturated carbocycles. The van der Waals surface area contributed by atoms with E-state index >= 15 is 0 Å². The van der Waals surface area contributed by atoms with Crippen molar-refractivity contribution >= 4 is 17.3 Å². The Bertz CT molecular complexity index is 441. The van der Waals surface area contributed by atoms with Gasteiger partial charge in [-0.1, -0.05) is 6.07 Å². The monoisotopic (exact) mass is 308 g/mol. The Labute approximate surface area is 132 Å². The van der Waals surface area contributed by atoms with Gasteiger partial charge in [-0.3, -0.25) is 9.89 Å². The number of hydrogen-bond donors (Lipinski definition) is 2. The van der Waals surface area contributed by atoms with Gasteiger partial charge in [0.25, 0.3) is 0 Å². The van der Waals surface area contributed by atoms with E-state index in [9.17, 15) is 0 Å². The number of nitrogens with one attached hydrogen (secondary N) is 2. The summed E-state index contributed by atoms with van der Waals surface area (Å²) in [7, 11) is 4.08. The Balaban J connectivity index is 1.99. The molecular formula is C16H28N4S. The molecule has 2 heterocycles. The van der Waals surface area contributed by atoms with Crippen LogP contribution in [0.4, 0.5) is 0 Å². The van der Waals surface area contributed by atoms with Crippen molar-refractivity contribution in [3.63, 3.8) is 0 Å². The summed E-state index contributed by atoms with van der Waals surface area (Å²) in [5, 5.41) is 9.04. The maximum atomic E-state index is 4.30. The van der Waals surface area contributed by atoms with Crippen molar-refractivity contribution in [1.82, 2.24) is 15.5 Å². The number of thiophene rings is 1. The van der Waals surface area contributed by atoms with Crippen LogP contribution in [0.2, 0.25) is 0 Å². The lowest BCUT2D eigenvalue weighted by Gasteiger charge is -2.39. The van der Waals surface area contributed by atoms with Crippen molar-refractivity contribution in [2.45, 2.75) is 38.8 Å². The number of rotatable bonds is 4. The molecule has 2 unspecified atom stereocenters. The summed E-state index contributed by atoms with van der Waals surface area (Å²) in [5.41, 5.74) is 0. The van der Waals surface area contributed by atoms with Crippen molar-refractivity contribution in [1.29, 1.82) is 0 Å². The van der Waals surface area contributed by atoms with Crippen LogP contribution in [0.5, 0.6) is 0 Å². The quantitative estimate of drug-likeness (QED) is 0.663. The molecule has 0 amide bonds. The second kappa shape index (κ2) is 7.80. The van der Waals surface area contributed by atoms with Gasteiger partial charge in [-0.25, -0.2) is 0 Å². The van der Waals surface area contributed by atoms with Gasteiger partial charge >= 0.3 is 0 Å². The van der Waals surface area contributed by atoms with Gasteiger partial charge in [-0.2, -0.15) is 0 Å². The zero-order valence-corrected chi connectivity index (χ0v) is 14.4. The highest BCUT2D eigenvalue weighted by atomic mass is 32.1. The molecule has 1 saturated heterocycles. The van der Waals surface area contributed by atoms with Crippen LogP contribution in [0.15, 0.2) is 22.5 Å². The summed E-state index contributed by atoms with van der Waals surface area (Å²) in [4.78, 5) is 8.29. The summed E-state index contributed by atoms with van der Waals surface area (Å²) in [5.74, 6) is 1.54. The second-order valence-corrected chi connectivity index (χ2v) is 7.07. The third-order valence-corrected chi connectivity index (χ3v) is 4.97. The first-order valence-corrected chi connectivity index (χ1v) is 8.70. The van der Waals surface area contributed by atoms with Gasteiger partial charge < -0.3 is 10.6 Å². The minimum Gasteiger partial charge on any atom is -0.356 e. The van der Waals surface area contributed by atoms with E-state index in [4.69, 9.17) is 0 Å². The highest BCUT2D eigenvalue weighted by Crippen LogP contribution is 2.36. The van der Waals surface area contributed by atoms with Crippen LogP contribution < -0.4 is 10.6 Å². The summed E-state index contributed by atoms with van der Waals surface area (Å²) in [6.45, 7) is 6.43. The molecule has 1 aliphatic rings. The van der Waals surface area contributed by atoms with E-state index in [2.05, 4.69) is 58.9 Å². The zero-order chi connectivity index (χ0) is 15.2. The van der Waals surface area contributed by atoms with Gasteiger partial charge in [0.1, 0.15) is 0 Å². The van der Waals surface area contributed by atoms with Gasteiger partial charge in [0.05, 0.1) is 0 Å². The van der Waals surface area contributed by atoms with Crippen LogP contribution >= 0.6 is 11.3 Å². The maximum Gasteiger partial charge on any atom is 0.191 e. The minimum absolute atomic E-state index is 0.401. The van der Waals surface area contributed by atoms with E-state index in [-0.39, 0.29) is 0 Å². The standard InChI is InChI=1S/C16H28N4S/c1-12(2)19-16(17-3)18-11-13-7-5-9-20(4)15(13)14-8-6-10-21-14/h6,8,10,12-13,15H,5,7,9,11H2,1-4H3,(H2,17,18,19). The predicted octanol–water partition coefficient (Wildman–Crippen LogP) is 2.70. The largest absolute Gasteiger partial charge is 0.356 e. The van der Waals surface area contributed by atoms with E-state index in [0.29, 0.717) is 18.0 Å². The smallest absolute Gasteiger partial charge is 0.191 e. The highest BCUT2D eigenvalue weighted by Gasteiger charge is 2.31. The number of guanidine groups is 1. The van der Waals surface area contributed by atoms with E-state index in [1.165, 1.54) is 24.3 Å². The molecule has 2 N–H and O–H groups in total. The van der Waals surface area contributed by atoms with Crippen LogP contribution in [0.3, 0.4) is 0 Å². The Kier molecular flexibility index (Phi) is 6.06. The predicted molar refractivity (Wildman–Crippen MR) is 92.0 cm³/mol. The number of piperidine rings is 1. The zero-order valence-electron chi connectivity index (χ0n) is 13.6. The Morgan fingerprint density at radius 3 is 2.95 bits per heavy atom. The van der Waals surface area contributed by atoms with Crippen LogP contribution in [-0.4, -0.2) is 44.1 Å². The van der Waals surface area contributed by atoms with E-state index in [0.717, 1.165) is 12.5 Å². The molecule has 0 bridgehead atoms. The van der Waals surface area contributed by atoms with Gasteiger partial charge in [0.15, 0.2) is 5.96 Å². The summed E-state index contributed by atoms with van der Waals surface area (Å²) in [6, 6.07) is 5.36. The van der Waals surface area contributed by atoms with Gasteiger partial charge in [-0.15, -0.1) is 11.3 Å². The van der Waals surface area contributed by atoms with E-state index in [1.54, 1.807) is 0 Å². The van der Waals surface area contributed by atoms with Crippen LogP contribution in [0.1, 0.15) is 37.6 Å². The van der Waals surface area contributed by atoms with Crippen molar-refractivity contribution in [2.24, 2.45) is 10.9 Å². The molecule has 0 radical (unpaired) electrons. The van der Waals surface area contributed by atoms with Crippen LogP contribution in [0.25, 0.3) is 0 Å². The van der Waals surface area contributed by atoms with Crippen LogP contribution in [-0.2, 0) is 0 Å². The lowest BCUT2D eigenvalue weighted by atomic mass is 9.88. The molecule has 0 spiro atoms. The average molecular weight is 308 g/mol. The third-order valence-electron chi connectivity index (χ3n) is 4.02. The summed E-state index contributed by atoms with van der Waals surface area (Å²) >= 11 is 1.87. The molecule has 0 aromatic carbocycles. The van der Waals surface area contributed by atoms with Gasteiger partial charge in [0, 0.05) is 30.6 Å². The van der Waals surface area contributed by atoms with Crippen LogP contribution in [0, 0.1) is 5.92 Å². The molecule has 1 aromatic heterocycles. The fourth-order valence-electron chi connectivity index (χ4n) is 3.08. The molecule has 2 rings (SSSR count). The Morgan fingerprint density at radius 1 is 1.52 bits per heavy atom. The van der Waals surface area contributed by atoms with Gasteiger partial charge in [0.2, 0.25) is 0 Å². The fourth-order valence-corrected chi connectivity index (χ4v) is 4.06. The van der Waals surface area contributed by atoms with Crippen molar-refractivity contribution in [2.75, 3.05) is 27.2 Å². The first-order valence-electron chi connectivity index (χ1n) is 7.82. The minimum atomic E-state index is 0.401. The molecule has 5 heteroatoms. The topological polar surface area (TPSA) is 39.7 Å². The van der Waals surface area contributed by atoms with Crippen molar-refractivity contribution < 1.29 is 0 Å². The molecule has 1 aromatic rings.